The van der Waals surface area contributed by atoms with E-state index in [1.54, 1.807) is 6.07 Å². The van der Waals surface area contributed by atoms with E-state index in [0.29, 0.717) is 59.1 Å². The van der Waals surface area contributed by atoms with Gasteiger partial charge in [0.05, 0.1) is 17.9 Å². The number of anilines is 3. The van der Waals surface area contributed by atoms with Crippen molar-refractivity contribution in [2.75, 3.05) is 22.1 Å². The summed E-state index contributed by atoms with van der Waals surface area (Å²) in [4.78, 5) is 27.5. The van der Waals surface area contributed by atoms with Crippen molar-refractivity contribution < 1.29 is 18.0 Å². The molecule has 12 heteroatoms. The highest BCUT2D eigenvalue weighted by Crippen LogP contribution is 2.48. The number of rotatable bonds is 8. The van der Waals surface area contributed by atoms with Crippen LogP contribution in [-0.2, 0) is 11.3 Å². The number of nitrogens with one attached hydrogen (secondary N) is 2. The molecule has 1 aromatic carbocycles. The molecule has 3 aromatic heterocycles. The van der Waals surface area contributed by atoms with Gasteiger partial charge in [-0.3, -0.25) is 4.79 Å². The quantitative estimate of drug-likeness (QED) is 0.240. The first-order chi connectivity index (χ1) is 20.2. The monoisotopic (exact) mass is 595 g/mol. The second-order valence-corrected chi connectivity index (χ2v) is 11.9. The molecule has 8 nitrogen and oxygen atoms in total. The number of hydrogen-bond donors (Lipinski definition) is 2. The van der Waals surface area contributed by atoms with Crippen molar-refractivity contribution in [1.82, 2.24) is 19.4 Å². The third-order valence-corrected chi connectivity index (χ3v) is 8.60. The van der Waals surface area contributed by atoms with Gasteiger partial charge in [0.15, 0.2) is 5.65 Å². The fourth-order valence-corrected chi connectivity index (χ4v) is 6.20. The van der Waals surface area contributed by atoms with E-state index in [0.717, 1.165) is 30.4 Å². The fraction of sp³-hybridized carbons (Fsp3) is 0.400. The summed E-state index contributed by atoms with van der Waals surface area (Å²) in [5, 5.41) is 6.73. The van der Waals surface area contributed by atoms with Crippen molar-refractivity contribution in [2.24, 2.45) is 5.92 Å². The predicted molar refractivity (Wildman–Crippen MR) is 154 cm³/mol. The third kappa shape index (κ3) is 5.49. The Morgan fingerprint density at radius 3 is 2.67 bits per heavy atom. The van der Waals surface area contributed by atoms with E-state index >= 15 is 0 Å². The average Bonchev–Trinajstić information content (AvgIpc) is 3.87. The fourth-order valence-electron chi connectivity index (χ4n) is 6.00. The topological polar surface area (TPSA) is 87.5 Å². The predicted octanol–water partition coefficient (Wildman–Crippen LogP) is 6.54. The normalized spacial score (nSPS) is 22.0. The standard InChI is InChI=1S/C30H29ClF3N7O/c31-20-4-1-3-18(9-20)22-11-23(22)29(42)39-27-12-26(36-16-37-27)35-13-21-15-40-14-19(17-6-7-17)10-24(28(40)38-21)41-8-2-5-25(41)30(32,33)34/h1,3-4,9-10,12,14-17,22-23,25H,2,5-8,11,13H2,(H2,35,36,37,39,42)/t22-,23+,25?/m1/s1. The smallest absolute Gasteiger partial charge is 0.364 e. The lowest BCUT2D eigenvalue weighted by Gasteiger charge is -2.29. The summed E-state index contributed by atoms with van der Waals surface area (Å²) in [5.74, 6) is 1.15. The molecule has 4 aromatic rings. The molecule has 1 unspecified atom stereocenters. The molecule has 0 radical (unpaired) electrons. The number of carbonyl (C=O) groups is 1. The van der Waals surface area contributed by atoms with E-state index in [2.05, 4.69) is 20.6 Å². The van der Waals surface area contributed by atoms with Gasteiger partial charge in [-0.05, 0) is 73.3 Å². The summed E-state index contributed by atoms with van der Waals surface area (Å²) in [6.45, 7) is 0.650. The molecule has 4 heterocycles. The van der Waals surface area contributed by atoms with Gasteiger partial charge in [0.25, 0.3) is 0 Å². The molecule has 1 saturated heterocycles. The van der Waals surface area contributed by atoms with Crippen LogP contribution in [0.25, 0.3) is 5.65 Å². The SMILES string of the molecule is O=C(Nc1cc(NCc2cn3cc(C4CC4)cc(N4CCCC4C(F)(F)F)c3n2)ncn1)[C@H]1C[C@@H]1c1cccc(Cl)c1. The minimum atomic E-state index is -4.30. The number of hydrogen-bond acceptors (Lipinski definition) is 6. The van der Waals surface area contributed by atoms with Crippen molar-refractivity contribution >= 4 is 40.5 Å². The van der Waals surface area contributed by atoms with Gasteiger partial charge < -0.3 is 19.9 Å². The van der Waals surface area contributed by atoms with Crippen molar-refractivity contribution in [3.63, 3.8) is 0 Å². The maximum atomic E-state index is 13.8. The van der Waals surface area contributed by atoms with Crippen LogP contribution in [0.1, 0.15) is 60.8 Å². The highest BCUT2D eigenvalue weighted by atomic mass is 35.5. The zero-order valence-corrected chi connectivity index (χ0v) is 23.4. The van der Waals surface area contributed by atoms with Crippen LogP contribution in [0.2, 0.25) is 5.02 Å². The molecule has 2 saturated carbocycles. The largest absolute Gasteiger partial charge is 0.408 e. The highest BCUT2D eigenvalue weighted by molar-refractivity contribution is 6.30. The summed E-state index contributed by atoms with van der Waals surface area (Å²) in [5.41, 5.74) is 3.81. The first kappa shape index (κ1) is 27.0. The second kappa shape index (κ2) is 10.4. The van der Waals surface area contributed by atoms with Gasteiger partial charge >= 0.3 is 6.18 Å². The minimum absolute atomic E-state index is 0.0903. The van der Waals surface area contributed by atoms with E-state index in [-0.39, 0.29) is 24.2 Å². The number of fused-ring (bicyclic) bond motifs is 1. The molecule has 0 bridgehead atoms. The molecule has 0 spiro atoms. The number of pyridine rings is 1. The molecule has 3 atom stereocenters. The van der Waals surface area contributed by atoms with Crippen molar-refractivity contribution in [3.05, 3.63) is 77.0 Å². The Labute approximate surface area is 245 Å². The third-order valence-electron chi connectivity index (χ3n) is 8.36. The van der Waals surface area contributed by atoms with E-state index < -0.39 is 12.2 Å². The lowest BCUT2D eigenvalue weighted by Crippen LogP contribution is -2.41. The van der Waals surface area contributed by atoms with Gasteiger partial charge in [-0.15, -0.1) is 0 Å². The number of amides is 1. The van der Waals surface area contributed by atoms with E-state index in [4.69, 9.17) is 16.6 Å². The Hall–Kier alpha value is -3.86. The van der Waals surface area contributed by atoms with Gasteiger partial charge in [-0.2, -0.15) is 13.2 Å². The molecule has 3 fully saturated rings. The van der Waals surface area contributed by atoms with Crippen LogP contribution < -0.4 is 15.5 Å². The lowest BCUT2D eigenvalue weighted by molar-refractivity contribution is -0.145. The summed E-state index contributed by atoms with van der Waals surface area (Å²) in [6, 6.07) is 9.61. The Balaban J connectivity index is 1.05. The zero-order chi connectivity index (χ0) is 29.0. The molecule has 1 aliphatic heterocycles. The van der Waals surface area contributed by atoms with E-state index in [1.807, 2.05) is 47.1 Å². The lowest BCUT2D eigenvalue weighted by atomic mass is 10.1. The van der Waals surface area contributed by atoms with Gasteiger partial charge in [-0.1, -0.05) is 23.7 Å². The van der Waals surface area contributed by atoms with Crippen LogP contribution in [0.5, 0.6) is 0 Å². The van der Waals surface area contributed by atoms with Crippen LogP contribution >= 0.6 is 11.6 Å². The molecule has 2 aliphatic carbocycles. The number of aromatic nitrogens is 4. The first-order valence-electron chi connectivity index (χ1n) is 14.2. The van der Waals surface area contributed by atoms with Crippen LogP contribution in [0.3, 0.4) is 0 Å². The van der Waals surface area contributed by atoms with Crippen molar-refractivity contribution in [2.45, 2.75) is 62.7 Å². The Morgan fingerprint density at radius 1 is 1.05 bits per heavy atom. The Morgan fingerprint density at radius 2 is 1.88 bits per heavy atom. The zero-order valence-electron chi connectivity index (χ0n) is 22.6. The van der Waals surface area contributed by atoms with Gasteiger partial charge in [0.1, 0.15) is 24.0 Å². The van der Waals surface area contributed by atoms with Crippen LogP contribution in [0.4, 0.5) is 30.5 Å². The van der Waals surface area contributed by atoms with Crippen LogP contribution in [0.15, 0.2) is 55.1 Å². The molecule has 1 amide bonds. The number of benzene rings is 1. The van der Waals surface area contributed by atoms with Gasteiger partial charge in [0, 0.05) is 35.9 Å². The highest BCUT2D eigenvalue weighted by Gasteiger charge is 2.47. The number of carbonyl (C=O) groups excluding carboxylic acids is 1. The second-order valence-electron chi connectivity index (χ2n) is 11.4. The van der Waals surface area contributed by atoms with Crippen molar-refractivity contribution in [1.29, 1.82) is 0 Å². The molecule has 218 valence electrons. The summed E-state index contributed by atoms with van der Waals surface area (Å²) in [6.07, 6.45) is 4.34. The average molecular weight is 596 g/mol. The number of nitrogens with zero attached hydrogens (tertiary/aromatic N) is 5. The molecule has 7 rings (SSSR count). The summed E-state index contributed by atoms with van der Waals surface area (Å²) >= 11 is 6.10. The molecule has 3 aliphatic rings. The number of alkyl halides is 3. The van der Waals surface area contributed by atoms with Crippen molar-refractivity contribution in [3.8, 4) is 0 Å². The summed E-state index contributed by atoms with van der Waals surface area (Å²) < 4.78 is 43.3. The maximum Gasteiger partial charge on any atom is 0.408 e. The van der Waals surface area contributed by atoms with E-state index in [9.17, 15) is 18.0 Å². The van der Waals surface area contributed by atoms with Crippen LogP contribution in [0, 0.1) is 5.92 Å². The molecule has 42 heavy (non-hydrogen) atoms. The summed E-state index contributed by atoms with van der Waals surface area (Å²) in [7, 11) is 0. The minimum Gasteiger partial charge on any atom is -0.364 e. The first-order valence-corrected chi connectivity index (χ1v) is 14.6. The maximum absolute atomic E-state index is 13.8. The molecular formula is C30H29ClF3N7O. The van der Waals surface area contributed by atoms with Gasteiger partial charge in [-0.25, -0.2) is 15.0 Å². The molecule has 2 N–H and O–H groups in total. The van der Waals surface area contributed by atoms with E-state index in [1.165, 1.54) is 11.2 Å². The number of imidazole rings is 1. The molecular weight excluding hydrogens is 567 g/mol. The Bertz CT molecular complexity index is 1650. The Kier molecular flexibility index (Phi) is 6.72. The number of halogens is 4. The van der Waals surface area contributed by atoms with Crippen LogP contribution in [-0.4, -0.2) is 44.0 Å². The van der Waals surface area contributed by atoms with Gasteiger partial charge in [0.2, 0.25) is 5.91 Å².